The number of nitrogens with one attached hydrogen (secondary N) is 1. The Kier molecular flexibility index (Phi) is 5.18. The third-order valence-corrected chi connectivity index (χ3v) is 4.85. The van der Waals surface area contributed by atoms with Gasteiger partial charge in [0, 0.05) is 12.5 Å². The molecule has 27 heavy (non-hydrogen) atoms. The van der Waals surface area contributed by atoms with Crippen LogP contribution in [-0.4, -0.2) is 26.5 Å². The Labute approximate surface area is 158 Å². The van der Waals surface area contributed by atoms with Gasteiger partial charge >= 0.3 is 5.97 Å². The minimum Gasteiger partial charge on any atom is -0.477 e. The van der Waals surface area contributed by atoms with Gasteiger partial charge in [0.15, 0.2) is 5.78 Å². The van der Waals surface area contributed by atoms with Crippen molar-refractivity contribution in [2.45, 2.75) is 20.3 Å². The fourth-order valence-electron chi connectivity index (χ4n) is 2.71. The van der Waals surface area contributed by atoms with E-state index in [-0.39, 0.29) is 27.7 Å². The average molecular weight is 383 g/mol. The topological polar surface area (TPSA) is 101 Å². The Morgan fingerprint density at radius 3 is 2.52 bits per heavy atom. The van der Waals surface area contributed by atoms with Gasteiger partial charge in [0.05, 0.1) is 5.69 Å². The van der Waals surface area contributed by atoms with Gasteiger partial charge < -0.3 is 5.11 Å². The highest BCUT2D eigenvalue weighted by molar-refractivity contribution is 7.12. The number of aryl methyl sites for hydroxylation is 1. The van der Waals surface area contributed by atoms with E-state index in [2.05, 4.69) is 10.4 Å². The van der Waals surface area contributed by atoms with Crippen LogP contribution in [-0.2, 0) is 6.42 Å². The largest absolute Gasteiger partial charge is 0.477 e. The molecule has 0 radical (unpaired) electrons. The molecule has 0 bridgehead atoms. The Morgan fingerprint density at radius 2 is 1.93 bits per heavy atom. The minimum absolute atomic E-state index is 0.0486. The van der Waals surface area contributed by atoms with Crippen LogP contribution in [0.3, 0.4) is 0 Å². The monoisotopic (exact) mass is 383 g/mol. The Hall–Kier alpha value is -3.26. The Bertz CT molecular complexity index is 1070. The molecule has 0 saturated heterocycles. The summed E-state index contributed by atoms with van der Waals surface area (Å²) in [6.45, 7) is 3.14. The van der Waals surface area contributed by atoms with Gasteiger partial charge in [0.25, 0.3) is 5.56 Å². The van der Waals surface area contributed by atoms with Crippen molar-refractivity contribution in [3.63, 3.8) is 0 Å². The van der Waals surface area contributed by atoms with Gasteiger partial charge in [-0.2, -0.15) is 0 Å². The zero-order chi connectivity index (χ0) is 19.6. The summed E-state index contributed by atoms with van der Waals surface area (Å²) in [5.74, 6) is -1.47. The second-order valence-corrected chi connectivity index (χ2v) is 6.67. The van der Waals surface area contributed by atoms with E-state index in [9.17, 15) is 19.5 Å². The van der Waals surface area contributed by atoms with Gasteiger partial charge in [-0.15, -0.1) is 11.3 Å². The summed E-state index contributed by atoms with van der Waals surface area (Å²) in [5, 5.41) is 10.9. The summed E-state index contributed by atoms with van der Waals surface area (Å²) < 4.78 is 1.10. The second-order valence-electron chi connectivity index (χ2n) is 5.75. The number of aromatic nitrogens is 2. The molecule has 0 atom stereocenters. The molecule has 2 aromatic heterocycles. The number of rotatable bonds is 6. The lowest BCUT2D eigenvalue weighted by atomic mass is 10.1. The van der Waals surface area contributed by atoms with Crippen molar-refractivity contribution in [2.75, 3.05) is 5.43 Å². The maximum atomic E-state index is 12.9. The summed E-state index contributed by atoms with van der Waals surface area (Å²) in [5.41, 5.74) is 3.99. The van der Waals surface area contributed by atoms with Crippen LogP contribution in [0.25, 0.3) is 11.3 Å². The standard InChI is InChI=1S/C19H17N3O4S/c1-3-13-18(24)22(21-14-9-10-27-17(14)19(25)26)16(11(2)23)15(20-13)12-7-5-4-6-8-12/h4-10,21H,3H2,1-2H3,(H,25,26). The third-order valence-electron chi connectivity index (χ3n) is 3.95. The van der Waals surface area contributed by atoms with Crippen LogP contribution in [0.15, 0.2) is 46.6 Å². The van der Waals surface area contributed by atoms with Crippen molar-refractivity contribution in [1.29, 1.82) is 0 Å². The van der Waals surface area contributed by atoms with Crippen LogP contribution < -0.4 is 11.0 Å². The number of anilines is 1. The molecule has 0 amide bonds. The zero-order valence-corrected chi connectivity index (χ0v) is 15.5. The summed E-state index contributed by atoms with van der Waals surface area (Å²) in [7, 11) is 0. The molecule has 7 nitrogen and oxygen atoms in total. The van der Waals surface area contributed by atoms with Crippen LogP contribution in [0, 0.1) is 0 Å². The number of aromatic carboxylic acids is 1. The molecule has 0 aliphatic rings. The van der Waals surface area contributed by atoms with Gasteiger partial charge in [-0.3, -0.25) is 15.0 Å². The van der Waals surface area contributed by atoms with Crippen molar-refractivity contribution in [1.82, 2.24) is 9.66 Å². The number of carbonyl (C=O) groups excluding carboxylic acids is 1. The first-order valence-electron chi connectivity index (χ1n) is 8.24. The van der Waals surface area contributed by atoms with E-state index in [1.807, 2.05) is 18.2 Å². The minimum atomic E-state index is -1.11. The van der Waals surface area contributed by atoms with Crippen LogP contribution in [0.1, 0.15) is 39.7 Å². The number of carboxylic acids is 1. The predicted octanol–water partition coefficient (Wildman–Crippen LogP) is 3.31. The maximum absolute atomic E-state index is 12.9. The molecule has 0 spiro atoms. The number of hydrogen-bond donors (Lipinski definition) is 2. The molecule has 0 unspecified atom stereocenters. The normalized spacial score (nSPS) is 10.6. The second kappa shape index (κ2) is 7.55. The first-order chi connectivity index (χ1) is 12.9. The van der Waals surface area contributed by atoms with E-state index >= 15 is 0 Å². The number of hydrogen-bond acceptors (Lipinski definition) is 6. The van der Waals surface area contributed by atoms with E-state index in [0.29, 0.717) is 17.7 Å². The van der Waals surface area contributed by atoms with E-state index in [0.717, 1.165) is 16.0 Å². The molecule has 0 aliphatic carbocycles. The van der Waals surface area contributed by atoms with Gasteiger partial charge in [0.2, 0.25) is 0 Å². The number of nitrogens with zero attached hydrogens (tertiary/aromatic N) is 2. The molecule has 8 heteroatoms. The Balaban J connectivity index is 2.28. The fraction of sp³-hybridized carbons (Fsp3) is 0.158. The van der Waals surface area contributed by atoms with Gasteiger partial charge in [0.1, 0.15) is 22.0 Å². The number of carbonyl (C=O) groups is 2. The fourth-order valence-corrected chi connectivity index (χ4v) is 3.40. The molecule has 1 aromatic carbocycles. The number of thiophene rings is 1. The van der Waals surface area contributed by atoms with Crippen molar-refractivity contribution in [3.8, 4) is 11.3 Å². The number of ketones is 1. The first-order valence-corrected chi connectivity index (χ1v) is 9.12. The van der Waals surface area contributed by atoms with Gasteiger partial charge in [-0.05, 0) is 17.9 Å². The lowest BCUT2D eigenvalue weighted by Crippen LogP contribution is -2.35. The van der Waals surface area contributed by atoms with E-state index in [1.165, 1.54) is 6.92 Å². The maximum Gasteiger partial charge on any atom is 0.348 e. The molecule has 138 valence electrons. The highest BCUT2D eigenvalue weighted by Gasteiger charge is 2.22. The number of carboxylic acid groups (broad SMARTS) is 1. The van der Waals surface area contributed by atoms with Crippen LogP contribution >= 0.6 is 11.3 Å². The van der Waals surface area contributed by atoms with Crippen LogP contribution in [0.4, 0.5) is 5.69 Å². The number of benzene rings is 1. The summed E-state index contributed by atoms with van der Waals surface area (Å²) in [4.78, 5) is 41.1. The highest BCUT2D eigenvalue weighted by atomic mass is 32.1. The van der Waals surface area contributed by atoms with Crippen molar-refractivity contribution < 1.29 is 14.7 Å². The molecule has 0 saturated carbocycles. The molecule has 3 aromatic rings. The highest BCUT2D eigenvalue weighted by Crippen LogP contribution is 2.25. The number of Topliss-reactive ketones (excluding diaryl/α,β-unsaturated/α-hetero) is 1. The molecular formula is C19H17N3O4S. The zero-order valence-electron chi connectivity index (χ0n) is 14.7. The van der Waals surface area contributed by atoms with Crippen molar-refractivity contribution in [2.24, 2.45) is 0 Å². The lowest BCUT2D eigenvalue weighted by Gasteiger charge is -2.17. The van der Waals surface area contributed by atoms with Crippen molar-refractivity contribution in [3.05, 3.63) is 68.4 Å². The Morgan fingerprint density at radius 1 is 1.22 bits per heavy atom. The van der Waals surface area contributed by atoms with Crippen molar-refractivity contribution >= 4 is 28.8 Å². The SMILES string of the molecule is CCc1nc(-c2ccccc2)c(C(C)=O)n(Nc2ccsc2C(=O)O)c1=O. The van der Waals surface area contributed by atoms with Crippen LogP contribution in [0.5, 0.6) is 0 Å². The summed E-state index contributed by atoms with van der Waals surface area (Å²) >= 11 is 1.03. The summed E-state index contributed by atoms with van der Waals surface area (Å²) in [6.07, 6.45) is 0.369. The molecule has 0 fully saturated rings. The average Bonchev–Trinajstić information content (AvgIpc) is 3.12. The quantitative estimate of drug-likeness (QED) is 0.633. The smallest absolute Gasteiger partial charge is 0.348 e. The van der Waals surface area contributed by atoms with E-state index in [4.69, 9.17) is 0 Å². The first kappa shape index (κ1) is 18.5. The predicted molar refractivity (Wildman–Crippen MR) is 104 cm³/mol. The van der Waals surface area contributed by atoms with Crippen LogP contribution in [0.2, 0.25) is 0 Å². The van der Waals surface area contributed by atoms with Gasteiger partial charge in [-0.1, -0.05) is 37.3 Å². The molecular weight excluding hydrogens is 366 g/mol. The third kappa shape index (κ3) is 3.52. The van der Waals surface area contributed by atoms with E-state index < -0.39 is 11.5 Å². The lowest BCUT2D eigenvalue weighted by molar-refractivity contribution is 0.0703. The molecule has 0 aliphatic heterocycles. The summed E-state index contributed by atoms with van der Waals surface area (Å²) in [6, 6.07) is 10.6. The molecule has 3 rings (SSSR count). The molecule has 2 N–H and O–H groups in total. The molecule has 2 heterocycles. The van der Waals surface area contributed by atoms with E-state index in [1.54, 1.807) is 30.5 Å². The van der Waals surface area contributed by atoms with Gasteiger partial charge in [-0.25, -0.2) is 14.5 Å².